The summed E-state index contributed by atoms with van der Waals surface area (Å²) in [5, 5.41) is 10.6. The molecule has 1 aliphatic rings. The van der Waals surface area contributed by atoms with Crippen LogP contribution in [0.4, 0.5) is 10.1 Å². The molecule has 1 aliphatic heterocycles. The summed E-state index contributed by atoms with van der Waals surface area (Å²) in [6.45, 7) is 4.06. The number of nitro benzene ring substituents is 1. The molecule has 5 nitrogen and oxygen atoms in total. The molecule has 0 saturated carbocycles. The second-order valence-corrected chi connectivity index (χ2v) is 5.43. The second-order valence-electron chi connectivity index (χ2n) is 5.43. The first kappa shape index (κ1) is 17.8. The van der Waals surface area contributed by atoms with E-state index >= 15 is 0 Å². The zero-order valence-corrected chi connectivity index (χ0v) is 12.8. The van der Waals surface area contributed by atoms with Gasteiger partial charge in [0, 0.05) is 30.8 Å². The smallest absolute Gasteiger partial charge is 0.272 e. The third-order valence-corrected chi connectivity index (χ3v) is 4.09. The van der Waals surface area contributed by atoms with Crippen LogP contribution in [0.25, 0.3) is 0 Å². The Hall–Kier alpha value is -1.24. The van der Waals surface area contributed by atoms with Crippen LogP contribution in [0.2, 0.25) is 0 Å². The highest BCUT2D eigenvalue weighted by Crippen LogP contribution is 2.26. The van der Waals surface area contributed by atoms with Crippen LogP contribution in [0.1, 0.15) is 25.3 Å². The monoisotopic (exact) mass is 317 g/mol. The van der Waals surface area contributed by atoms with E-state index in [2.05, 4.69) is 11.8 Å². The van der Waals surface area contributed by atoms with Crippen molar-refractivity contribution in [3.8, 4) is 0 Å². The number of rotatable bonds is 4. The van der Waals surface area contributed by atoms with E-state index in [0.717, 1.165) is 25.5 Å². The molecule has 1 aromatic rings. The number of hydrogen-bond donors (Lipinski definition) is 1. The van der Waals surface area contributed by atoms with Gasteiger partial charge in [-0.25, -0.2) is 4.39 Å². The molecule has 2 unspecified atom stereocenters. The minimum atomic E-state index is -0.585. The highest BCUT2D eigenvalue weighted by Gasteiger charge is 2.28. The van der Waals surface area contributed by atoms with Gasteiger partial charge in [-0.2, -0.15) is 0 Å². The number of benzene rings is 1. The average molecular weight is 318 g/mol. The molecule has 0 spiro atoms. The Kier molecular flexibility index (Phi) is 6.51. The van der Waals surface area contributed by atoms with Crippen LogP contribution in [0, 0.1) is 21.8 Å². The number of piperidine rings is 1. The quantitative estimate of drug-likeness (QED) is 0.684. The normalized spacial score (nSPS) is 22.6. The third-order valence-electron chi connectivity index (χ3n) is 4.09. The highest BCUT2D eigenvalue weighted by molar-refractivity contribution is 5.85. The zero-order valence-electron chi connectivity index (χ0n) is 12.0. The van der Waals surface area contributed by atoms with Gasteiger partial charge in [0.1, 0.15) is 5.82 Å². The minimum absolute atomic E-state index is 0. The molecule has 21 heavy (non-hydrogen) atoms. The van der Waals surface area contributed by atoms with Gasteiger partial charge in [0.2, 0.25) is 0 Å². The second kappa shape index (κ2) is 7.68. The van der Waals surface area contributed by atoms with Gasteiger partial charge < -0.3 is 5.73 Å². The van der Waals surface area contributed by atoms with Crippen LogP contribution in [-0.2, 0) is 6.54 Å². The van der Waals surface area contributed by atoms with Crippen LogP contribution in [-0.4, -0.2) is 29.0 Å². The van der Waals surface area contributed by atoms with Gasteiger partial charge in [0.15, 0.2) is 0 Å². The first-order valence-corrected chi connectivity index (χ1v) is 6.90. The average Bonchev–Trinajstić information content (AvgIpc) is 2.41. The van der Waals surface area contributed by atoms with Gasteiger partial charge in [-0.05, 0) is 31.4 Å². The van der Waals surface area contributed by atoms with E-state index in [1.807, 2.05) is 0 Å². The number of halogens is 2. The van der Waals surface area contributed by atoms with Crippen LogP contribution in [0.5, 0.6) is 0 Å². The molecule has 0 radical (unpaired) electrons. The van der Waals surface area contributed by atoms with Crippen LogP contribution >= 0.6 is 12.4 Å². The van der Waals surface area contributed by atoms with Crippen molar-refractivity contribution in [1.82, 2.24) is 4.90 Å². The first-order valence-electron chi connectivity index (χ1n) is 6.90. The number of likely N-dealkylation sites (tertiary alicyclic amines) is 1. The molecule has 2 rings (SSSR count). The Balaban J connectivity index is 0.00000220. The van der Waals surface area contributed by atoms with Crippen LogP contribution in [0.15, 0.2) is 18.2 Å². The Labute approximate surface area is 129 Å². The van der Waals surface area contributed by atoms with Crippen molar-refractivity contribution in [2.24, 2.45) is 11.7 Å². The molecule has 0 aromatic heterocycles. The summed E-state index contributed by atoms with van der Waals surface area (Å²) in [4.78, 5) is 12.2. The predicted molar refractivity (Wildman–Crippen MR) is 82.0 cm³/mol. The maximum absolute atomic E-state index is 13.9. The summed E-state index contributed by atoms with van der Waals surface area (Å²) >= 11 is 0. The standard InChI is InChI=1S/C14H20FN3O2.ClH/c1-10-3-2-6-17(14(10)8-16)9-11-4-5-12(18(19)20)7-13(11)15;/h4-5,7,10,14H,2-3,6,8-9,16H2,1H3;1H. The summed E-state index contributed by atoms with van der Waals surface area (Å²) in [5.41, 5.74) is 6.09. The van der Waals surface area contributed by atoms with E-state index in [-0.39, 0.29) is 24.1 Å². The fourth-order valence-electron chi connectivity index (χ4n) is 2.91. The molecule has 1 saturated heterocycles. The zero-order chi connectivity index (χ0) is 14.7. The fourth-order valence-corrected chi connectivity index (χ4v) is 2.91. The lowest BCUT2D eigenvalue weighted by molar-refractivity contribution is -0.385. The molecule has 7 heteroatoms. The van der Waals surface area contributed by atoms with Crippen molar-refractivity contribution in [3.63, 3.8) is 0 Å². The van der Waals surface area contributed by atoms with Gasteiger partial charge in [0.05, 0.1) is 11.0 Å². The molecule has 2 N–H and O–H groups in total. The topological polar surface area (TPSA) is 72.4 Å². The van der Waals surface area contributed by atoms with E-state index in [1.165, 1.54) is 12.1 Å². The Bertz CT molecular complexity index is 501. The van der Waals surface area contributed by atoms with Gasteiger partial charge >= 0.3 is 0 Å². The largest absolute Gasteiger partial charge is 0.329 e. The Morgan fingerprint density at radius 3 is 2.81 bits per heavy atom. The molecule has 2 atom stereocenters. The molecule has 0 aliphatic carbocycles. The van der Waals surface area contributed by atoms with Gasteiger partial charge in [-0.1, -0.05) is 6.92 Å². The Morgan fingerprint density at radius 1 is 1.52 bits per heavy atom. The highest BCUT2D eigenvalue weighted by atomic mass is 35.5. The molecule has 1 aromatic carbocycles. The minimum Gasteiger partial charge on any atom is -0.329 e. The molecular formula is C14H21ClFN3O2. The van der Waals surface area contributed by atoms with Crippen molar-refractivity contribution in [1.29, 1.82) is 0 Å². The Morgan fingerprint density at radius 2 is 2.24 bits per heavy atom. The lowest BCUT2D eigenvalue weighted by Gasteiger charge is -2.39. The number of nitrogens with zero attached hydrogens (tertiary/aromatic N) is 2. The summed E-state index contributed by atoms with van der Waals surface area (Å²) in [5.74, 6) is -0.0249. The lowest BCUT2D eigenvalue weighted by atomic mass is 9.90. The van der Waals surface area contributed by atoms with Crippen molar-refractivity contribution < 1.29 is 9.31 Å². The number of non-ortho nitro benzene ring substituents is 1. The first-order chi connectivity index (χ1) is 9.52. The molecule has 0 amide bonds. The molecule has 118 valence electrons. The summed E-state index contributed by atoms with van der Waals surface area (Å²) in [6.07, 6.45) is 2.22. The number of nitrogens with two attached hydrogens (primary N) is 1. The number of hydrogen-bond acceptors (Lipinski definition) is 4. The lowest BCUT2D eigenvalue weighted by Crippen LogP contribution is -2.48. The SMILES string of the molecule is CC1CCCN(Cc2ccc([N+](=O)[O-])cc2F)C1CN.Cl. The van der Waals surface area contributed by atoms with Crippen molar-refractivity contribution >= 4 is 18.1 Å². The van der Waals surface area contributed by atoms with Crippen molar-refractivity contribution in [3.05, 3.63) is 39.7 Å². The molecular weight excluding hydrogens is 297 g/mol. The number of nitro groups is 1. The molecule has 1 fully saturated rings. The van der Waals surface area contributed by atoms with Crippen LogP contribution in [0.3, 0.4) is 0 Å². The van der Waals surface area contributed by atoms with E-state index in [4.69, 9.17) is 5.73 Å². The third kappa shape index (κ3) is 4.12. The van der Waals surface area contributed by atoms with Gasteiger partial charge in [-0.3, -0.25) is 15.0 Å². The van der Waals surface area contributed by atoms with Crippen molar-refractivity contribution in [2.45, 2.75) is 32.4 Å². The van der Waals surface area contributed by atoms with E-state index in [0.29, 0.717) is 24.6 Å². The molecule has 0 bridgehead atoms. The summed E-state index contributed by atoms with van der Waals surface area (Å²) in [6, 6.07) is 4.09. The van der Waals surface area contributed by atoms with Crippen molar-refractivity contribution in [2.75, 3.05) is 13.1 Å². The van der Waals surface area contributed by atoms with E-state index < -0.39 is 10.7 Å². The molecule has 1 heterocycles. The van der Waals surface area contributed by atoms with E-state index in [1.54, 1.807) is 0 Å². The maximum atomic E-state index is 13.9. The van der Waals surface area contributed by atoms with Gasteiger partial charge in [-0.15, -0.1) is 12.4 Å². The maximum Gasteiger partial charge on any atom is 0.272 e. The van der Waals surface area contributed by atoms with Crippen LogP contribution < -0.4 is 5.73 Å². The summed E-state index contributed by atoms with van der Waals surface area (Å²) in [7, 11) is 0. The van der Waals surface area contributed by atoms with Gasteiger partial charge in [0.25, 0.3) is 5.69 Å². The summed E-state index contributed by atoms with van der Waals surface area (Å²) < 4.78 is 13.9. The van der Waals surface area contributed by atoms with E-state index in [9.17, 15) is 14.5 Å². The predicted octanol–water partition coefficient (Wildman–Crippen LogP) is 2.71. The fraction of sp³-hybridized carbons (Fsp3) is 0.571.